The molecular weight excluding hydrogens is 222 g/mol. The van der Waals surface area contributed by atoms with Crippen LogP contribution in [0.25, 0.3) is 0 Å². The molecule has 2 N–H and O–H groups in total. The first-order chi connectivity index (χ1) is 8.24. The number of piperidine rings is 1. The number of nitrogens with zero attached hydrogens (tertiary/aromatic N) is 2. The van der Waals surface area contributed by atoms with Crippen LogP contribution in [0.4, 0.5) is 0 Å². The minimum atomic E-state index is -0.838. The molecule has 1 aliphatic rings. The van der Waals surface area contributed by atoms with Crippen molar-refractivity contribution in [2.45, 2.75) is 32.1 Å². The maximum Gasteiger partial charge on any atom is 0.303 e. The van der Waals surface area contributed by atoms with E-state index in [-0.39, 0.29) is 6.42 Å². The van der Waals surface area contributed by atoms with Crippen molar-refractivity contribution in [3.05, 3.63) is 11.7 Å². The molecule has 0 saturated carbocycles. The van der Waals surface area contributed by atoms with E-state index >= 15 is 0 Å². The van der Waals surface area contributed by atoms with Crippen molar-refractivity contribution in [2.24, 2.45) is 5.92 Å². The van der Waals surface area contributed by atoms with Crippen LogP contribution in [0.3, 0.4) is 0 Å². The fourth-order valence-corrected chi connectivity index (χ4v) is 2.03. The second kappa shape index (κ2) is 5.77. The topological polar surface area (TPSA) is 88.2 Å². The Morgan fingerprint density at radius 3 is 2.94 bits per heavy atom. The van der Waals surface area contributed by atoms with Crippen LogP contribution in [-0.4, -0.2) is 34.3 Å². The third-order valence-corrected chi connectivity index (χ3v) is 2.99. The highest BCUT2D eigenvalue weighted by atomic mass is 16.5. The van der Waals surface area contributed by atoms with Crippen molar-refractivity contribution in [3.63, 3.8) is 0 Å². The molecule has 0 unspecified atom stereocenters. The number of rotatable bonds is 5. The zero-order valence-corrected chi connectivity index (χ0v) is 9.69. The average Bonchev–Trinajstić information content (AvgIpc) is 2.75. The molecule has 2 heterocycles. The van der Waals surface area contributed by atoms with Crippen molar-refractivity contribution in [1.29, 1.82) is 0 Å². The molecule has 1 saturated heterocycles. The molecule has 0 aromatic carbocycles. The van der Waals surface area contributed by atoms with Gasteiger partial charge in [-0.1, -0.05) is 5.16 Å². The number of aryl methyl sites for hydroxylation is 1. The summed E-state index contributed by atoms with van der Waals surface area (Å²) in [5.74, 6) is 0.896. The lowest BCUT2D eigenvalue weighted by Crippen LogP contribution is -2.28. The van der Waals surface area contributed by atoms with E-state index < -0.39 is 5.97 Å². The van der Waals surface area contributed by atoms with Gasteiger partial charge in [0, 0.05) is 12.8 Å². The monoisotopic (exact) mass is 239 g/mol. The van der Waals surface area contributed by atoms with E-state index in [2.05, 4.69) is 15.5 Å². The fourth-order valence-electron chi connectivity index (χ4n) is 2.03. The third-order valence-electron chi connectivity index (χ3n) is 2.99. The fraction of sp³-hybridized carbons (Fsp3) is 0.727. The maximum atomic E-state index is 10.4. The highest BCUT2D eigenvalue weighted by molar-refractivity contribution is 5.66. The SMILES string of the molecule is O=C(O)CCc1noc(CC2CCNCC2)n1. The molecule has 1 aliphatic heterocycles. The number of carboxylic acids is 1. The van der Waals surface area contributed by atoms with E-state index in [1.165, 1.54) is 0 Å². The third kappa shape index (κ3) is 3.81. The van der Waals surface area contributed by atoms with Gasteiger partial charge in [-0.2, -0.15) is 4.98 Å². The lowest BCUT2D eigenvalue weighted by Gasteiger charge is -2.20. The Labute approximate surface area is 99.4 Å². The number of aromatic nitrogens is 2. The number of carbonyl (C=O) groups is 1. The van der Waals surface area contributed by atoms with Gasteiger partial charge in [-0.25, -0.2) is 0 Å². The summed E-state index contributed by atoms with van der Waals surface area (Å²) >= 11 is 0. The summed E-state index contributed by atoms with van der Waals surface area (Å²) in [6.45, 7) is 2.09. The van der Waals surface area contributed by atoms with Gasteiger partial charge in [-0.15, -0.1) is 0 Å². The van der Waals surface area contributed by atoms with Crippen molar-refractivity contribution < 1.29 is 14.4 Å². The number of hydrogen-bond acceptors (Lipinski definition) is 5. The Morgan fingerprint density at radius 2 is 2.24 bits per heavy atom. The quantitative estimate of drug-likeness (QED) is 0.783. The first kappa shape index (κ1) is 12.0. The Hall–Kier alpha value is -1.43. The van der Waals surface area contributed by atoms with Gasteiger partial charge in [-0.05, 0) is 31.8 Å². The summed E-state index contributed by atoms with van der Waals surface area (Å²) in [6, 6.07) is 0. The summed E-state index contributed by atoms with van der Waals surface area (Å²) < 4.78 is 5.13. The number of aliphatic carboxylic acids is 1. The Balaban J connectivity index is 1.82. The van der Waals surface area contributed by atoms with E-state index in [1.54, 1.807) is 0 Å². The maximum absolute atomic E-state index is 10.4. The highest BCUT2D eigenvalue weighted by Crippen LogP contribution is 2.17. The molecule has 17 heavy (non-hydrogen) atoms. The van der Waals surface area contributed by atoms with Crippen LogP contribution in [0.15, 0.2) is 4.52 Å². The van der Waals surface area contributed by atoms with E-state index in [9.17, 15) is 4.79 Å². The van der Waals surface area contributed by atoms with Crippen LogP contribution < -0.4 is 5.32 Å². The van der Waals surface area contributed by atoms with Crippen molar-refractivity contribution in [1.82, 2.24) is 15.5 Å². The van der Waals surface area contributed by atoms with E-state index in [4.69, 9.17) is 9.63 Å². The molecule has 0 aliphatic carbocycles. The molecule has 1 fully saturated rings. The first-order valence-electron chi connectivity index (χ1n) is 5.98. The van der Waals surface area contributed by atoms with Gasteiger partial charge >= 0.3 is 5.97 Å². The van der Waals surface area contributed by atoms with Crippen LogP contribution in [-0.2, 0) is 17.6 Å². The van der Waals surface area contributed by atoms with Gasteiger partial charge in [0.05, 0.1) is 6.42 Å². The molecule has 0 atom stereocenters. The second-order valence-corrected chi connectivity index (χ2v) is 4.40. The van der Waals surface area contributed by atoms with Gasteiger partial charge < -0.3 is 14.9 Å². The summed E-state index contributed by atoms with van der Waals surface area (Å²) in [6.07, 6.45) is 3.46. The number of nitrogens with one attached hydrogen (secondary N) is 1. The molecule has 0 amide bonds. The van der Waals surface area contributed by atoms with Crippen molar-refractivity contribution in [3.8, 4) is 0 Å². The van der Waals surface area contributed by atoms with Crippen LogP contribution in [0.1, 0.15) is 31.0 Å². The average molecular weight is 239 g/mol. The van der Waals surface area contributed by atoms with Crippen LogP contribution in [0, 0.1) is 5.92 Å². The van der Waals surface area contributed by atoms with E-state index in [0.29, 0.717) is 24.1 Å². The molecule has 0 radical (unpaired) electrons. The summed E-state index contributed by atoms with van der Waals surface area (Å²) in [4.78, 5) is 14.6. The highest BCUT2D eigenvalue weighted by Gasteiger charge is 2.17. The molecule has 1 aromatic rings. The molecule has 94 valence electrons. The lowest BCUT2D eigenvalue weighted by atomic mass is 9.95. The van der Waals surface area contributed by atoms with Crippen molar-refractivity contribution in [2.75, 3.05) is 13.1 Å². The molecule has 0 spiro atoms. The number of carboxylic acid groups (broad SMARTS) is 1. The minimum absolute atomic E-state index is 0.0479. The normalized spacial score (nSPS) is 17.2. The zero-order valence-electron chi connectivity index (χ0n) is 9.69. The van der Waals surface area contributed by atoms with Gasteiger partial charge in [-0.3, -0.25) is 4.79 Å². The molecule has 6 heteroatoms. The van der Waals surface area contributed by atoms with Crippen molar-refractivity contribution >= 4 is 5.97 Å². The molecular formula is C11H17N3O3. The Kier molecular flexibility index (Phi) is 4.08. The predicted octanol–water partition coefficient (Wildman–Crippen LogP) is 0.629. The smallest absolute Gasteiger partial charge is 0.303 e. The van der Waals surface area contributed by atoms with Gasteiger partial charge in [0.1, 0.15) is 0 Å². The van der Waals surface area contributed by atoms with Crippen LogP contribution in [0.5, 0.6) is 0 Å². The van der Waals surface area contributed by atoms with Crippen LogP contribution in [0.2, 0.25) is 0 Å². The molecule has 1 aromatic heterocycles. The van der Waals surface area contributed by atoms with Gasteiger partial charge in [0.15, 0.2) is 5.82 Å². The summed E-state index contributed by atoms with van der Waals surface area (Å²) in [5, 5.41) is 15.6. The summed E-state index contributed by atoms with van der Waals surface area (Å²) in [5.41, 5.74) is 0. The Morgan fingerprint density at radius 1 is 1.47 bits per heavy atom. The number of hydrogen-bond donors (Lipinski definition) is 2. The van der Waals surface area contributed by atoms with E-state index in [1.807, 2.05) is 0 Å². The van der Waals surface area contributed by atoms with Gasteiger partial charge in [0.2, 0.25) is 5.89 Å². The lowest BCUT2D eigenvalue weighted by molar-refractivity contribution is -0.137. The minimum Gasteiger partial charge on any atom is -0.481 e. The zero-order chi connectivity index (χ0) is 12.1. The summed E-state index contributed by atoms with van der Waals surface area (Å²) in [7, 11) is 0. The largest absolute Gasteiger partial charge is 0.481 e. The standard InChI is InChI=1S/C11H17N3O3/c15-11(16)2-1-9-13-10(17-14-9)7-8-3-5-12-6-4-8/h8,12H,1-7H2,(H,15,16). The van der Waals surface area contributed by atoms with Gasteiger partial charge in [0.25, 0.3) is 0 Å². The molecule has 6 nitrogen and oxygen atoms in total. The Bertz CT molecular complexity index is 372. The first-order valence-corrected chi connectivity index (χ1v) is 5.98. The second-order valence-electron chi connectivity index (χ2n) is 4.40. The van der Waals surface area contributed by atoms with Crippen LogP contribution >= 0.6 is 0 Å². The molecule has 2 rings (SSSR count). The molecule has 0 bridgehead atoms. The predicted molar refractivity (Wildman–Crippen MR) is 59.6 cm³/mol. The van der Waals surface area contributed by atoms with E-state index in [0.717, 1.165) is 32.4 Å².